The van der Waals surface area contributed by atoms with Crippen molar-refractivity contribution in [3.05, 3.63) is 62.5 Å². The molecule has 4 rings (SSSR count). The molecule has 0 spiro atoms. The van der Waals surface area contributed by atoms with Crippen LogP contribution in [0.1, 0.15) is 67.8 Å². The van der Waals surface area contributed by atoms with Crippen LogP contribution in [0.4, 0.5) is 0 Å². The number of carbonyl (C=O) groups is 1. The van der Waals surface area contributed by atoms with Crippen LogP contribution >= 0.6 is 22.9 Å². The first-order chi connectivity index (χ1) is 15.0. The van der Waals surface area contributed by atoms with Crippen molar-refractivity contribution < 1.29 is 9.53 Å². The van der Waals surface area contributed by atoms with Crippen molar-refractivity contribution in [3.63, 3.8) is 0 Å². The van der Waals surface area contributed by atoms with Crippen molar-refractivity contribution in [2.24, 2.45) is 4.99 Å². The SMILES string of the molecule is CC(=O)OC(C)(C)C.CCc1nnc2n1-c1sc(C)c(C)c1C(c1ccc(Cl)cc1)=NC2. The lowest BCUT2D eigenvalue weighted by molar-refractivity contribution is -0.151. The van der Waals surface area contributed by atoms with Gasteiger partial charge in [-0.25, -0.2) is 0 Å². The number of rotatable bonds is 2. The van der Waals surface area contributed by atoms with Gasteiger partial charge in [0.15, 0.2) is 5.82 Å². The van der Waals surface area contributed by atoms with Crippen LogP contribution in [0.15, 0.2) is 29.3 Å². The van der Waals surface area contributed by atoms with E-state index < -0.39 is 0 Å². The van der Waals surface area contributed by atoms with Gasteiger partial charge in [-0.1, -0.05) is 30.7 Å². The number of nitrogens with zero attached hydrogens (tertiary/aromatic N) is 4. The Hall–Kier alpha value is -2.51. The van der Waals surface area contributed by atoms with E-state index in [0.717, 1.165) is 34.4 Å². The Labute approximate surface area is 198 Å². The molecular weight excluding hydrogens is 444 g/mol. The Morgan fingerprint density at radius 1 is 1.19 bits per heavy atom. The lowest BCUT2D eigenvalue weighted by atomic mass is 10.00. The molecule has 1 aliphatic rings. The van der Waals surface area contributed by atoms with Crippen LogP contribution in [-0.2, 0) is 22.5 Å². The first kappa shape index (κ1) is 24.1. The first-order valence-corrected chi connectivity index (χ1v) is 11.7. The van der Waals surface area contributed by atoms with Gasteiger partial charge in [0.2, 0.25) is 0 Å². The lowest BCUT2D eigenvalue weighted by Gasteiger charge is -2.17. The summed E-state index contributed by atoms with van der Waals surface area (Å²) in [5.74, 6) is 1.66. The molecule has 3 heterocycles. The number of halogens is 1. The van der Waals surface area contributed by atoms with Gasteiger partial charge in [-0.2, -0.15) is 0 Å². The Kier molecular flexibility index (Phi) is 7.20. The minimum atomic E-state index is -0.328. The third-order valence-electron chi connectivity index (χ3n) is 4.87. The van der Waals surface area contributed by atoms with Gasteiger partial charge < -0.3 is 4.74 Å². The summed E-state index contributed by atoms with van der Waals surface area (Å²) in [5.41, 5.74) is 4.22. The van der Waals surface area contributed by atoms with Crippen molar-refractivity contribution in [1.82, 2.24) is 14.8 Å². The van der Waals surface area contributed by atoms with Crippen LogP contribution in [0, 0.1) is 13.8 Å². The standard InChI is InChI=1S/C18H17ClN4S.C6H12O2/c1-4-14-21-22-15-9-20-17(12-5-7-13(19)8-6-12)16-10(2)11(3)24-18(16)23(14)15;1-5(7)8-6(2,3)4/h5-8H,4,9H2,1-3H3;1-4H3. The number of aromatic nitrogens is 3. The number of thiophene rings is 1. The van der Waals surface area contributed by atoms with Crippen molar-refractivity contribution in [2.45, 2.75) is 67.0 Å². The van der Waals surface area contributed by atoms with Crippen LogP contribution in [0.2, 0.25) is 5.02 Å². The summed E-state index contributed by atoms with van der Waals surface area (Å²) in [7, 11) is 0. The van der Waals surface area contributed by atoms with Crippen molar-refractivity contribution in [1.29, 1.82) is 0 Å². The number of aryl methyl sites for hydroxylation is 2. The van der Waals surface area contributed by atoms with E-state index in [1.54, 1.807) is 11.3 Å². The maximum Gasteiger partial charge on any atom is 0.303 e. The number of hydrogen-bond donors (Lipinski definition) is 0. The number of hydrogen-bond acceptors (Lipinski definition) is 6. The predicted molar refractivity (Wildman–Crippen MR) is 130 cm³/mol. The summed E-state index contributed by atoms with van der Waals surface area (Å²) in [6.45, 7) is 13.9. The lowest BCUT2D eigenvalue weighted by Crippen LogP contribution is -2.21. The van der Waals surface area contributed by atoms with E-state index in [1.807, 2.05) is 45.0 Å². The molecule has 2 aromatic heterocycles. The molecule has 0 unspecified atom stereocenters. The minimum Gasteiger partial charge on any atom is -0.460 e. The molecule has 0 bridgehead atoms. The number of benzene rings is 1. The van der Waals surface area contributed by atoms with Crippen molar-refractivity contribution >= 4 is 34.6 Å². The molecule has 0 aliphatic carbocycles. The molecule has 0 N–H and O–H groups in total. The molecule has 8 heteroatoms. The van der Waals surface area contributed by atoms with Gasteiger partial charge in [0.05, 0.1) is 5.71 Å². The highest BCUT2D eigenvalue weighted by atomic mass is 35.5. The van der Waals surface area contributed by atoms with Crippen LogP contribution in [-0.4, -0.2) is 32.0 Å². The smallest absolute Gasteiger partial charge is 0.303 e. The van der Waals surface area contributed by atoms with Crippen LogP contribution < -0.4 is 0 Å². The molecule has 0 fully saturated rings. The van der Waals surface area contributed by atoms with E-state index in [1.165, 1.54) is 27.9 Å². The summed E-state index contributed by atoms with van der Waals surface area (Å²) in [6, 6.07) is 7.89. The van der Waals surface area contributed by atoms with E-state index in [9.17, 15) is 4.79 Å². The minimum absolute atomic E-state index is 0.225. The van der Waals surface area contributed by atoms with E-state index in [4.69, 9.17) is 21.3 Å². The predicted octanol–water partition coefficient (Wildman–Crippen LogP) is 5.86. The number of carbonyl (C=O) groups excluding carboxylic acids is 1. The van der Waals surface area contributed by atoms with Crippen LogP contribution in [0.5, 0.6) is 0 Å². The maximum absolute atomic E-state index is 10.2. The van der Waals surface area contributed by atoms with Gasteiger partial charge >= 0.3 is 5.97 Å². The van der Waals surface area contributed by atoms with Crippen molar-refractivity contribution in [2.75, 3.05) is 0 Å². The van der Waals surface area contributed by atoms with E-state index in [2.05, 4.69) is 35.5 Å². The monoisotopic (exact) mass is 472 g/mol. The normalized spacial score (nSPS) is 12.7. The zero-order chi connectivity index (χ0) is 23.6. The summed E-state index contributed by atoms with van der Waals surface area (Å²) >= 11 is 7.84. The molecule has 0 amide bonds. The molecule has 1 aliphatic heterocycles. The van der Waals surface area contributed by atoms with Gasteiger partial charge in [0.25, 0.3) is 0 Å². The fourth-order valence-corrected chi connectivity index (χ4v) is 4.79. The topological polar surface area (TPSA) is 69.4 Å². The highest BCUT2D eigenvalue weighted by molar-refractivity contribution is 7.15. The largest absolute Gasteiger partial charge is 0.460 e. The number of fused-ring (bicyclic) bond motifs is 3. The Bertz CT molecular complexity index is 1150. The summed E-state index contributed by atoms with van der Waals surface area (Å²) in [5, 5.41) is 10.6. The molecular formula is C24H29ClN4O2S. The average molecular weight is 473 g/mol. The zero-order valence-electron chi connectivity index (χ0n) is 19.6. The molecule has 0 saturated carbocycles. The van der Waals surface area contributed by atoms with Crippen LogP contribution in [0.25, 0.3) is 5.00 Å². The molecule has 0 saturated heterocycles. The van der Waals surface area contributed by atoms with E-state index in [-0.39, 0.29) is 11.6 Å². The second-order valence-corrected chi connectivity index (χ2v) is 10.2. The number of esters is 1. The second-order valence-electron chi connectivity index (χ2n) is 8.56. The van der Waals surface area contributed by atoms with E-state index in [0.29, 0.717) is 6.54 Å². The Morgan fingerprint density at radius 3 is 2.38 bits per heavy atom. The zero-order valence-corrected chi connectivity index (χ0v) is 21.2. The van der Waals surface area contributed by atoms with Gasteiger partial charge in [-0.05, 0) is 52.3 Å². The highest BCUT2D eigenvalue weighted by Gasteiger charge is 2.26. The van der Waals surface area contributed by atoms with Gasteiger partial charge in [-0.15, -0.1) is 21.5 Å². The quantitative estimate of drug-likeness (QED) is 0.438. The summed E-state index contributed by atoms with van der Waals surface area (Å²) in [6.07, 6.45) is 0.846. The summed E-state index contributed by atoms with van der Waals surface area (Å²) in [4.78, 5) is 16.4. The molecule has 0 atom stereocenters. The molecule has 6 nitrogen and oxygen atoms in total. The third-order valence-corrected chi connectivity index (χ3v) is 6.31. The maximum atomic E-state index is 10.2. The number of ether oxygens (including phenoxy) is 1. The average Bonchev–Trinajstić information content (AvgIpc) is 3.18. The molecule has 1 aromatic carbocycles. The van der Waals surface area contributed by atoms with Gasteiger partial charge in [0, 0.05) is 34.4 Å². The Balaban J connectivity index is 0.000000312. The second kappa shape index (κ2) is 9.55. The molecule has 170 valence electrons. The summed E-state index contributed by atoms with van der Waals surface area (Å²) < 4.78 is 6.99. The Morgan fingerprint density at radius 2 is 1.84 bits per heavy atom. The molecule has 3 aromatic rings. The highest BCUT2D eigenvalue weighted by Crippen LogP contribution is 2.36. The molecule has 32 heavy (non-hydrogen) atoms. The van der Waals surface area contributed by atoms with Gasteiger partial charge in [-0.3, -0.25) is 14.4 Å². The number of aliphatic imine (C=N–C) groups is 1. The first-order valence-electron chi connectivity index (χ1n) is 10.6. The van der Waals surface area contributed by atoms with E-state index >= 15 is 0 Å². The van der Waals surface area contributed by atoms with Crippen LogP contribution in [0.3, 0.4) is 0 Å². The fraction of sp³-hybridized carbons (Fsp3) is 0.417. The fourth-order valence-electron chi connectivity index (χ4n) is 3.47. The van der Waals surface area contributed by atoms with Crippen molar-refractivity contribution in [3.8, 4) is 5.00 Å². The molecule has 0 radical (unpaired) electrons. The third kappa shape index (κ3) is 5.27. The van der Waals surface area contributed by atoms with Gasteiger partial charge in [0.1, 0.15) is 23.0 Å².